The molecular weight excluding hydrogens is 534 g/mol. The molecule has 1 saturated heterocycles. The van der Waals surface area contributed by atoms with E-state index in [9.17, 15) is 9.90 Å². The number of ether oxygens (including phenoxy) is 1. The average Bonchev–Trinajstić information content (AvgIpc) is 3.43. The van der Waals surface area contributed by atoms with Gasteiger partial charge in [0.25, 0.3) is 0 Å². The van der Waals surface area contributed by atoms with Crippen LogP contribution in [0.25, 0.3) is 16.6 Å². The molecule has 41 heavy (non-hydrogen) atoms. The van der Waals surface area contributed by atoms with E-state index in [0.29, 0.717) is 22.8 Å². The van der Waals surface area contributed by atoms with Gasteiger partial charge in [-0.3, -0.25) is 4.90 Å². The number of aromatic nitrogens is 2. The molecule has 2 aromatic carbocycles. The number of aromatic carboxylic acids is 1. The number of piperidine rings is 1. The van der Waals surface area contributed by atoms with Crippen molar-refractivity contribution in [1.29, 1.82) is 0 Å². The van der Waals surface area contributed by atoms with E-state index in [1.165, 1.54) is 17.6 Å². The highest BCUT2D eigenvalue weighted by atomic mass is 35.5. The maximum absolute atomic E-state index is 12.0. The zero-order chi connectivity index (χ0) is 28.6. The molecule has 1 aliphatic carbocycles. The zero-order valence-electron chi connectivity index (χ0n) is 23.6. The first-order valence-electron chi connectivity index (χ1n) is 14.4. The van der Waals surface area contributed by atoms with Gasteiger partial charge in [-0.25, -0.2) is 9.78 Å². The molecule has 0 saturated carbocycles. The molecule has 0 radical (unpaired) electrons. The zero-order valence-corrected chi connectivity index (χ0v) is 24.4. The molecule has 2 aromatic heterocycles. The summed E-state index contributed by atoms with van der Waals surface area (Å²) < 4.78 is 6.10. The fraction of sp³-hybridized carbons (Fsp3) is 0.353. The Labute approximate surface area is 246 Å². The van der Waals surface area contributed by atoms with E-state index in [0.717, 1.165) is 66.9 Å². The lowest BCUT2D eigenvalue weighted by molar-refractivity contribution is 0.0694. The number of halogens is 1. The molecule has 6 nitrogen and oxygen atoms in total. The van der Waals surface area contributed by atoms with Crippen molar-refractivity contribution in [1.82, 2.24) is 14.9 Å². The molecule has 4 aromatic rings. The van der Waals surface area contributed by atoms with Gasteiger partial charge in [0, 0.05) is 23.2 Å². The number of hydrogen-bond acceptors (Lipinski definition) is 4. The molecule has 1 aliphatic heterocycles. The number of nitrogens with one attached hydrogen (secondary N) is 1. The van der Waals surface area contributed by atoms with Crippen molar-refractivity contribution in [2.75, 3.05) is 19.6 Å². The monoisotopic (exact) mass is 569 g/mol. The van der Waals surface area contributed by atoms with Crippen molar-refractivity contribution in [3.63, 3.8) is 0 Å². The van der Waals surface area contributed by atoms with Crippen LogP contribution in [-0.2, 0) is 0 Å². The maximum atomic E-state index is 12.0. The first kappa shape index (κ1) is 27.6. The van der Waals surface area contributed by atoms with Crippen LogP contribution in [0.5, 0.6) is 11.5 Å². The molecule has 0 unspecified atom stereocenters. The molecule has 6 rings (SSSR count). The van der Waals surface area contributed by atoms with E-state index in [4.69, 9.17) is 16.3 Å². The minimum absolute atomic E-state index is 0.155. The van der Waals surface area contributed by atoms with Crippen LogP contribution in [0.15, 0.2) is 72.6 Å². The van der Waals surface area contributed by atoms with Crippen molar-refractivity contribution >= 4 is 34.2 Å². The number of benzene rings is 2. The number of hydrogen-bond donors (Lipinski definition) is 2. The highest BCUT2D eigenvalue weighted by molar-refractivity contribution is 6.30. The van der Waals surface area contributed by atoms with Gasteiger partial charge >= 0.3 is 5.97 Å². The van der Waals surface area contributed by atoms with Crippen LogP contribution in [0, 0.1) is 5.41 Å². The first-order valence-corrected chi connectivity index (χ1v) is 14.8. The third kappa shape index (κ3) is 6.19. The lowest BCUT2D eigenvalue weighted by Crippen LogP contribution is -2.35. The number of likely N-dealkylation sites (tertiary alicyclic amines) is 1. The normalized spacial score (nSPS) is 18.1. The van der Waals surface area contributed by atoms with Crippen LogP contribution in [-0.4, -0.2) is 45.6 Å². The summed E-state index contributed by atoms with van der Waals surface area (Å²) in [6.45, 7) is 7.76. The fourth-order valence-corrected chi connectivity index (χ4v) is 6.44. The predicted octanol–water partition coefficient (Wildman–Crippen LogP) is 8.55. The quantitative estimate of drug-likeness (QED) is 0.233. The summed E-state index contributed by atoms with van der Waals surface area (Å²) in [7, 11) is 0. The third-order valence-electron chi connectivity index (χ3n) is 8.69. The Bertz CT molecular complexity index is 1600. The number of carboxylic acids is 1. The van der Waals surface area contributed by atoms with Crippen LogP contribution in [0.1, 0.15) is 73.4 Å². The first-order chi connectivity index (χ1) is 19.7. The van der Waals surface area contributed by atoms with Crippen molar-refractivity contribution in [2.45, 2.75) is 51.9 Å². The van der Waals surface area contributed by atoms with E-state index in [2.05, 4.69) is 40.8 Å². The van der Waals surface area contributed by atoms with Gasteiger partial charge in [0.15, 0.2) is 0 Å². The summed E-state index contributed by atoms with van der Waals surface area (Å²) in [5, 5.41) is 11.5. The van der Waals surface area contributed by atoms with E-state index < -0.39 is 5.97 Å². The number of H-pyrrole nitrogens is 1. The highest BCUT2D eigenvalue weighted by Gasteiger charge is 2.30. The Morgan fingerprint density at radius 1 is 1.12 bits per heavy atom. The molecule has 0 bridgehead atoms. The van der Waals surface area contributed by atoms with Crippen LogP contribution in [0.4, 0.5) is 0 Å². The maximum Gasteiger partial charge on any atom is 0.339 e. The lowest BCUT2D eigenvalue weighted by Gasteiger charge is -2.37. The Hall–Kier alpha value is -3.61. The summed E-state index contributed by atoms with van der Waals surface area (Å²) in [6, 6.07) is 17.7. The van der Waals surface area contributed by atoms with Gasteiger partial charge in [-0.15, -0.1) is 0 Å². The molecule has 2 aliphatic rings. The second-order valence-electron chi connectivity index (χ2n) is 12.2. The van der Waals surface area contributed by atoms with Crippen LogP contribution in [0.3, 0.4) is 0 Å². The van der Waals surface area contributed by atoms with E-state index in [-0.39, 0.29) is 5.56 Å². The average molecular weight is 570 g/mol. The van der Waals surface area contributed by atoms with Crippen LogP contribution >= 0.6 is 11.6 Å². The molecule has 0 spiro atoms. The number of carbonyl (C=O) groups is 1. The van der Waals surface area contributed by atoms with Gasteiger partial charge in [0.2, 0.25) is 0 Å². The molecule has 212 valence electrons. The SMILES string of the molecule is CC1(C)CCC(CN2CCC(c3ccc(C(=O)O)c(Oc4cnc5[nH]ccc5c4)c3)CC2)=C(c2ccc(Cl)cc2)C1. The number of nitrogens with zero attached hydrogens (tertiary/aromatic N) is 2. The van der Waals surface area contributed by atoms with Crippen molar-refractivity contribution in [2.24, 2.45) is 5.41 Å². The minimum Gasteiger partial charge on any atom is -0.478 e. The summed E-state index contributed by atoms with van der Waals surface area (Å²) >= 11 is 6.19. The number of carboxylic acid groups (broad SMARTS) is 1. The number of allylic oxidation sites excluding steroid dienone is 1. The molecular formula is C34H36ClN3O3. The summed E-state index contributed by atoms with van der Waals surface area (Å²) in [6.07, 6.45) is 8.92. The predicted molar refractivity (Wildman–Crippen MR) is 164 cm³/mol. The molecule has 2 N–H and O–H groups in total. The van der Waals surface area contributed by atoms with E-state index in [1.807, 2.05) is 42.6 Å². The van der Waals surface area contributed by atoms with Gasteiger partial charge in [-0.2, -0.15) is 0 Å². The Balaban J connectivity index is 1.17. The molecule has 1 fully saturated rings. The van der Waals surface area contributed by atoms with Crippen molar-refractivity contribution in [3.8, 4) is 11.5 Å². The fourth-order valence-electron chi connectivity index (χ4n) is 6.31. The topological polar surface area (TPSA) is 78.5 Å². The molecule has 0 amide bonds. The number of aromatic amines is 1. The highest BCUT2D eigenvalue weighted by Crippen LogP contribution is 2.44. The molecule has 3 heterocycles. The Morgan fingerprint density at radius 2 is 1.90 bits per heavy atom. The third-order valence-corrected chi connectivity index (χ3v) is 8.94. The van der Waals surface area contributed by atoms with Gasteiger partial charge in [0.1, 0.15) is 22.7 Å². The van der Waals surface area contributed by atoms with Gasteiger partial charge in [0.05, 0.1) is 6.20 Å². The molecule has 0 atom stereocenters. The van der Waals surface area contributed by atoms with E-state index >= 15 is 0 Å². The number of fused-ring (bicyclic) bond motifs is 1. The van der Waals surface area contributed by atoms with E-state index in [1.54, 1.807) is 17.8 Å². The van der Waals surface area contributed by atoms with Crippen molar-refractivity contribution in [3.05, 3.63) is 94.3 Å². The smallest absolute Gasteiger partial charge is 0.339 e. The number of rotatable bonds is 7. The van der Waals surface area contributed by atoms with Crippen molar-refractivity contribution < 1.29 is 14.6 Å². The van der Waals surface area contributed by atoms with Crippen LogP contribution < -0.4 is 4.74 Å². The molecule has 7 heteroatoms. The largest absolute Gasteiger partial charge is 0.478 e. The Kier molecular flexibility index (Phi) is 7.62. The minimum atomic E-state index is -1.00. The van der Waals surface area contributed by atoms with Gasteiger partial charge in [-0.1, -0.05) is 49.2 Å². The second-order valence-corrected chi connectivity index (χ2v) is 12.7. The summed E-state index contributed by atoms with van der Waals surface area (Å²) in [4.78, 5) is 22.0. The second kappa shape index (κ2) is 11.3. The van der Waals surface area contributed by atoms with Gasteiger partial charge < -0.3 is 14.8 Å². The summed E-state index contributed by atoms with van der Waals surface area (Å²) in [5.41, 5.74) is 6.69. The van der Waals surface area contributed by atoms with Gasteiger partial charge in [-0.05, 0) is 110 Å². The summed E-state index contributed by atoms with van der Waals surface area (Å²) in [5.74, 6) is 0.234. The van der Waals surface area contributed by atoms with Crippen LogP contribution in [0.2, 0.25) is 5.02 Å². The number of pyridine rings is 1. The Morgan fingerprint density at radius 3 is 2.66 bits per heavy atom. The lowest BCUT2D eigenvalue weighted by atomic mass is 9.72. The standard InChI is InChI=1S/C34H36ClN3O3/c1-34(2)13-9-26(30(19-34)23-3-6-27(35)7-4-23)21-38-15-11-22(12-16-38)24-5-8-29(33(39)40)31(18-24)41-28-17-25-10-14-36-32(25)37-20-28/h3-8,10,14,17-18,20,22H,9,11-13,15-16,19,21H2,1-2H3,(H,36,37)(H,39,40).